The van der Waals surface area contributed by atoms with Crippen molar-refractivity contribution in [1.29, 1.82) is 0 Å². The van der Waals surface area contributed by atoms with Gasteiger partial charge in [-0.3, -0.25) is 10.1 Å². The SMILES string of the molecule is CCCCc1ccc(CCC(CO)(CO)[N+](=O)[O-])cc1. The fraction of sp³-hybridized carbons (Fsp3) is 0.600. The highest BCUT2D eigenvalue weighted by atomic mass is 16.6. The number of benzene rings is 1. The molecule has 0 amide bonds. The number of hydrogen-bond donors (Lipinski definition) is 2. The van der Waals surface area contributed by atoms with Gasteiger partial charge < -0.3 is 10.2 Å². The molecule has 0 spiro atoms. The molecule has 0 saturated heterocycles. The van der Waals surface area contributed by atoms with E-state index in [1.54, 1.807) is 0 Å². The maximum absolute atomic E-state index is 11.0. The number of nitro groups is 1. The lowest BCUT2D eigenvalue weighted by Gasteiger charge is -2.20. The van der Waals surface area contributed by atoms with Gasteiger partial charge in [0.15, 0.2) is 0 Å². The molecule has 112 valence electrons. The van der Waals surface area contributed by atoms with Gasteiger partial charge in [-0.2, -0.15) is 0 Å². The van der Waals surface area contributed by atoms with Gasteiger partial charge >= 0.3 is 0 Å². The number of aliphatic hydroxyl groups is 2. The fourth-order valence-electron chi connectivity index (χ4n) is 2.05. The summed E-state index contributed by atoms with van der Waals surface area (Å²) in [7, 11) is 0. The van der Waals surface area contributed by atoms with Gasteiger partial charge in [0.05, 0.1) is 0 Å². The molecule has 0 bridgehead atoms. The summed E-state index contributed by atoms with van der Waals surface area (Å²) in [6.07, 6.45) is 3.94. The Labute approximate surface area is 119 Å². The molecule has 0 aliphatic rings. The molecule has 1 rings (SSSR count). The molecule has 2 N–H and O–H groups in total. The van der Waals surface area contributed by atoms with Crippen LogP contribution in [0, 0.1) is 10.1 Å². The van der Waals surface area contributed by atoms with E-state index in [1.807, 2.05) is 24.3 Å². The Bertz CT molecular complexity index is 412. The zero-order chi connectivity index (χ0) is 15.0. The van der Waals surface area contributed by atoms with Crippen molar-refractivity contribution in [2.24, 2.45) is 0 Å². The highest BCUT2D eigenvalue weighted by Crippen LogP contribution is 2.18. The largest absolute Gasteiger partial charge is 0.389 e. The molecule has 0 heterocycles. The van der Waals surface area contributed by atoms with E-state index in [0.29, 0.717) is 6.42 Å². The van der Waals surface area contributed by atoms with Crippen LogP contribution in [0.5, 0.6) is 0 Å². The van der Waals surface area contributed by atoms with Gasteiger partial charge in [-0.05, 0) is 30.4 Å². The smallest absolute Gasteiger partial charge is 0.267 e. The highest BCUT2D eigenvalue weighted by molar-refractivity contribution is 5.23. The first-order valence-electron chi connectivity index (χ1n) is 7.02. The van der Waals surface area contributed by atoms with Crippen LogP contribution in [-0.4, -0.2) is 33.9 Å². The molecule has 5 nitrogen and oxygen atoms in total. The third-order valence-corrected chi connectivity index (χ3v) is 3.70. The van der Waals surface area contributed by atoms with Crippen molar-refractivity contribution in [3.63, 3.8) is 0 Å². The predicted molar refractivity (Wildman–Crippen MR) is 77.3 cm³/mol. The molecule has 1 aromatic carbocycles. The Morgan fingerprint density at radius 1 is 1.10 bits per heavy atom. The van der Waals surface area contributed by atoms with E-state index >= 15 is 0 Å². The van der Waals surface area contributed by atoms with Crippen LogP contribution in [0.25, 0.3) is 0 Å². The summed E-state index contributed by atoms with van der Waals surface area (Å²) in [4.78, 5) is 10.4. The van der Waals surface area contributed by atoms with Gasteiger partial charge in [-0.1, -0.05) is 37.6 Å². The van der Waals surface area contributed by atoms with Gasteiger partial charge in [0, 0.05) is 11.3 Å². The second-order valence-corrected chi connectivity index (χ2v) is 5.22. The number of aryl methyl sites for hydroxylation is 2. The Hall–Kier alpha value is -1.46. The summed E-state index contributed by atoms with van der Waals surface area (Å²) in [5.41, 5.74) is 0.611. The number of hydrogen-bond acceptors (Lipinski definition) is 4. The van der Waals surface area contributed by atoms with Crippen molar-refractivity contribution in [2.75, 3.05) is 13.2 Å². The number of aliphatic hydroxyl groups excluding tert-OH is 2. The Balaban J connectivity index is 2.62. The first-order valence-corrected chi connectivity index (χ1v) is 7.02. The van der Waals surface area contributed by atoms with Crippen LogP contribution in [-0.2, 0) is 12.8 Å². The Morgan fingerprint density at radius 2 is 1.60 bits per heavy atom. The summed E-state index contributed by atoms with van der Waals surface area (Å²) in [6, 6.07) is 8.00. The monoisotopic (exact) mass is 281 g/mol. The quantitative estimate of drug-likeness (QED) is 0.535. The summed E-state index contributed by atoms with van der Waals surface area (Å²) in [5, 5.41) is 29.3. The molecule has 0 atom stereocenters. The lowest BCUT2D eigenvalue weighted by Crippen LogP contribution is -2.46. The molecule has 1 aromatic rings. The minimum Gasteiger partial charge on any atom is -0.389 e. The lowest BCUT2D eigenvalue weighted by atomic mass is 9.93. The van der Waals surface area contributed by atoms with Crippen molar-refractivity contribution in [2.45, 2.75) is 44.6 Å². The van der Waals surface area contributed by atoms with Crippen LogP contribution in [0.3, 0.4) is 0 Å². The van der Waals surface area contributed by atoms with Gasteiger partial charge in [0.2, 0.25) is 0 Å². The number of nitrogens with zero attached hydrogens (tertiary/aromatic N) is 1. The average Bonchev–Trinajstić information content (AvgIpc) is 2.47. The number of rotatable bonds is 9. The fourth-order valence-corrected chi connectivity index (χ4v) is 2.05. The molecule has 5 heteroatoms. The second kappa shape index (κ2) is 7.97. The van der Waals surface area contributed by atoms with Crippen LogP contribution in [0.15, 0.2) is 24.3 Å². The first-order chi connectivity index (χ1) is 9.57. The van der Waals surface area contributed by atoms with E-state index < -0.39 is 23.7 Å². The van der Waals surface area contributed by atoms with E-state index in [-0.39, 0.29) is 6.42 Å². The van der Waals surface area contributed by atoms with Crippen LogP contribution < -0.4 is 0 Å². The molecule has 0 radical (unpaired) electrons. The van der Waals surface area contributed by atoms with Crippen LogP contribution in [0.4, 0.5) is 0 Å². The van der Waals surface area contributed by atoms with Gasteiger partial charge in [0.1, 0.15) is 13.2 Å². The number of unbranched alkanes of at least 4 members (excludes halogenated alkanes) is 1. The zero-order valence-corrected chi connectivity index (χ0v) is 11.9. The Kier molecular flexibility index (Phi) is 6.61. The highest BCUT2D eigenvalue weighted by Gasteiger charge is 2.41. The summed E-state index contributed by atoms with van der Waals surface area (Å²) in [5.74, 6) is 0. The maximum Gasteiger partial charge on any atom is 0.267 e. The van der Waals surface area contributed by atoms with Crippen molar-refractivity contribution >= 4 is 0 Å². The van der Waals surface area contributed by atoms with Crippen molar-refractivity contribution < 1.29 is 15.1 Å². The van der Waals surface area contributed by atoms with Gasteiger partial charge in [-0.25, -0.2) is 0 Å². The molecule has 0 aliphatic carbocycles. The Morgan fingerprint density at radius 3 is 2.00 bits per heavy atom. The van der Waals surface area contributed by atoms with Crippen LogP contribution >= 0.6 is 0 Å². The van der Waals surface area contributed by atoms with E-state index in [4.69, 9.17) is 10.2 Å². The van der Waals surface area contributed by atoms with E-state index in [1.165, 1.54) is 5.56 Å². The zero-order valence-electron chi connectivity index (χ0n) is 11.9. The molecule has 0 saturated carbocycles. The minimum atomic E-state index is -1.64. The maximum atomic E-state index is 11.0. The summed E-state index contributed by atoms with van der Waals surface area (Å²) in [6.45, 7) is 0.853. The van der Waals surface area contributed by atoms with Crippen molar-refractivity contribution in [3.8, 4) is 0 Å². The van der Waals surface area contributed by atoms with Crippen molar-refractivity contribution in [3.05, 3.63) is 45.5 Å². The minimum absolute atomic E-state index is 0.126. The van der Waals surface area contributed by atoms with Crippen LogP contribution in [0.2, 0.25) is 0 Å². The van der Waals surface area contributed by atoms with Crippen LogP contribution in [0.1, 0.15) is 37.3 Å². The topological polar surface area (TPSA) is 83.6 Å². The lowest BCUT2D eigenvalue weighted by molar-refractivity contribution is -0.578. The summed E-state index contributed by atoms with van der Waals surface area (Å²) >= 11 is 0. The molecular formula is C15H23NO4. The van der Waals surface area contributed by atoms with E-state index in [2.05, 4.69) is 6.92 Å². The molecular weight excluding hydrogens is 258 g/mol. The third kappa shape index (κ3) is 4.28. The molecule has 0 fully saturated rings. The van der Waals surface area contributed by atoms with Crippen molar-refractivity contribution in [1.82, 2.24) is 0 Å². The summed E-state index contributed by atoms with van der Waals surface area (Å²) < 4.78 is 0. The molecule has 0 aromatic heterocycles. The van der Waals surface area contributed by atoms with Gasteiger partial charge in [0.25, 0.3) is 5.54 Å². The molecule has 20 heavy (non-hydrogen) atoms. The third-order valence-electron chi connectivity index (χ3n) is 3.70. The molecule has 0 aliphatic heterocycles. The standard InChI is InChI=1S/C15H23NO4/c1-2-3-4-13-5-7-14(8-6-13)9-10-15(11-17,12-18)16(19)20/h5-8,17-18H,2-4,9-12H2,1H3. The van der Waals surface area contributed by atoms with Gasteiger partial charge in [-0.15, -0.1) is 0 Å². The first kappa shape index (κ1) is 16.6. The average molecular weight is 281 g/mol. The second-order valence-electron chi connectivity index (χ2n) is 5.22. The normalized spacial score (nSPS) is 11.6. The van der Waals surface area contributed by atoms with E-state index in [9.17, 15) is 10.1 Å². The molecule has 0 unspecified atom stereocenters. The van der Waals surface area contributed by atoms with E-state index in [0.717, 1.165) is 24.8 Å². The predicted octanol–water partition coefficient (Wildman–Crippen LogP) is 1.96.